The Bertz CT molecular complexity index is 678. The van der Waals surface area contributed by atoms with Crippen LogP contribution in [-0.4, -0.2) is 5.24 Å². The molecule has 1 aromatic rings. The second-order valence-corrected chi connectivity index (χ2v) is 4.65. The van der Waals surface area contributed by atoms with Gasteiger partial charge in [-0.3, -0.25) is 4.79 Å². The van der Waals surface area contributed by atoms with Crippen LogP contribution in [0.3, 0.4) is 0 Å². The summed E-state index contributed by atoms with van der Waals surface area (Å²) in [4.78, 5) is 11.2. The third-order valence-electron chi connectivity index (χ3n) is 3.32. The molecule has 84 valence electrons. The Labute approximate surface area is 104 Å². The molecule has 1 nitrogen and oxygen atoms in total. The van der Waals surface area contributed by atoms with Crippen molar-refractivity contribution in [2.24, 2.45) is 0 Å². The zero-order valence-corrected chi connectivity index (χ0v) is 10.00. The zero-order valence-electron chi connectivity index (χ0n) is 9.24. The summed E-state index contributed by atoms with van der Waals surface area (Å²) in [5.41, 5.74) is 3.25. The molecule has 0 atom stereocenters. The highest BCUT2D eigenvalue weighted by Gasteiger charge is 2.15. The smallest absolute Gasteiger partial charge is 0.248 e. The summed E-state index contributed by atoms with van der Waals surface area (Å²) in [5, 5.41) is 2.11. The van der Waals surface area contributed by atoms with E-state index in [0.29, 0.717) is 12.0 Å². The lowest BCUT2D eigenvalue weighted by molar-refractivity contribution is -0.108. The first-order valence-corrected chi connectivity index (χ1v) is 6.02. The molecule has 0 fully saturated rings. The number of rotatable bonds is 1. The zero-order chi connectivity index (χ0) is 11.8. The van der Waals surface area contributed by atoms with E-state index in [1.807, 2.05) is 12.2 Å². The molecule has 0 amide bonds. The molecular weight excluding hydrogens is 232 g/mol. The van der Waals surface area contributed by atoms with E-state index in [2.05, 4.69) is 30.4 Å². The van der Waals surface area contributed by atoms with Crippen molar-refractivity contribution in [3.8, 4) is 0 Å². The van der Waals surface area contributed by atoms with Crippen molar-refractivity contribution in [3.05, 3.63) is 57.5 Å². The lowest BCUT2D eigenvalue weighted by Gasteiger charge is -2.15. The molecule has 0 radical (unpaired) electrons. The summed E-state index contributed by atoms with van der Waals surface area (Å²) < 4.78 is 0. The second-order valence-electron chi connectivity index (χ2n) is 4.31. The molecule has 0 spiro atoms. The van der Waals surface area contributed by atoms with Crippen LogP contribution < -0.4 is 10.4 Å². The van der Waals surface area contributed by atoms with Gasteiger partial charge in [0, 0.05) is 12.0 Å². The SMILES string of the molecule is O=C(Cl)C1=CC=c2ccc3c(c2C1)CC=CC=3. The monoisotopic (exact) mass is 242 g/mol. The lowest BCUT2D eigenvalue weighted by atomic mass is 9.90. The Kier molecular flexibility index (Phi) is 2.49. The first kappa shape index (κ1) is 10.5. The van der Waals surface area contributed by atoms with Crippen molar-refractivity contribution in [3.63, 3.8) is 0 Å². The quantitative estimate of drug-likeness (QED) is 0.684. The summed E-state index contributed by atoms with van der Waals surface area (Å²) >= 11 is 5.56. The van der Waals surface area contributed by atoms with E-state index in [4.69, 9.17) is 11.6 Å². The molecule has 1 aromatic carbocycles. The van der Waals surface area contributed by atoms with Gasteiger partial charge in [0.1, 0.15) is 0 Å². The van der Waals surface area contributed by atoms with Gasteiger partial charge < -0.3 is 0 Å². The fourth-order valence-electron chi connectivity index (χ4n) is 2.42. The molecule has 2 aliphatic rings. The molecule has 17 heavy (non-hydrogen) atoms. The van der Waals surface area contributed by atoms with Crippen molar-refractivity contribution >= 4 is 29.0 Å². The van der Waals surface area contributed by atoms with Crippen LogP contribution in [0.15, 0.2) is 35.9 Å². The Morgan fingerprint density at radius 2 is 1.82 bits per heavy atom. The van der Waals surface area contributed by atoms with E-state index < -0.39 is 0 Å². The molecule has 2 aliphatic carbocycles. The second kappa shape index (κ2) is 4.01. The Hall–Kier alpha value is -1.60. The maximum absolute atomic E-state index is 11.2. The molecule has 0 saturated carbocycles. The van der Waals surface area contributed by atoms with E-state index in [-0.39, 0.29) is 5.24 Å². The van der Waals surface area contributed by atoms with Gasteiger partial charge in [-0.1, -0.05) is 42.5 Å². The maximum Gasteiger partial charge on any atom is 0.248 e. The van der Waals surface area contributed by atoms with Crippen molar-refractivity contribution in [1.29, 1.82) is 0 Å². The van der Waals surface area contributed by atoms with Gasteiger partial charge >= 0.3 is 0 Å². The Morgan fingerprint density at radius 3 is 2.59 bits per heavy atom. The number of allylic oxidation sites excluding steroid dienone is 4. The van der Waals surface area contributed by atoms with Crippen molar-refractivity contribution in [1.82, 2.24) is 0 Å². The molecule has 0 aromatic heterocycles. The first-order valence-electron chi connectivity index (χ1n) is 5.64. The molecule has 0 saturated heterocycles. The average Bonchev–Trinajstić information content (AvgIpc) is 2.38. The fourth-order valence-corrected chi connectivity index (χ4v) is 2.55. The molecule has 0 N–H and O–H groups in total. The summed E-state index contributed by atoms with van der Waals surface area (Å²) in [5.74, 6) is 0. The van der Waals surface area contributed by atoms with Crippen LogP contribution in [-0.2, 0) is 17.6 Å². The number of benzene rings is 1. The van der Waals surface area contributed by atoms with Crippen LogP contribution in [0.4, 0.5) is 0 Å². The number of halogens is 1. The number of carbonyl (C=O) groups excluding carboxylic acids is 1. The molecule has 0 bridgehead atoms. The van der Waals surface area contributed by atoms with Crippen LogP contribution in [0.1, 0.15) is 11.1 Å². The topological polar surface area (TPSA) is 17.1 Å². The van der Waals surface area contributed by atoms with E-state index in [1.165, 1.54) is 21.6 Å². The number of hydrogen-bond donors (Lipinski definition) is 0. The summed E-state index contributed by atoms with van der Waals surface area (Å²) in [6.07, 6.45) is 11.7. The summed E-state index contributed by atoms with van der Waals surface area (Å²) in [6.45, 7) is 0. The van der Waals surface area contributed by atoms with Gasteiger partial charge in [0.15, 0.2) is 0 Å². The minimum absolute atomic E-state index is 0.347. The third-order valence-corrected chi connectivity index (χ3v) is 3.56. The maximum atomic E-state index is 11.2. The largest absolute Gasteiger partial charge is 0.276 e. The predicted molar refractivity (Wildman–Crippen MR) is 70.1 cm³/mol. The van der Waals surface area contributed by atoms with Gasteiger partial charge in [-0.05, 0) is 39.6 Å². The van der Waals surface area contributed by atoms with Gasteiger partial charge in [0.25, 0.3) is 0 Å². The molecule has 0 heterocycles. The average molecular weight is 243 g/mol. The highest BCUT2D eigenvalue weighted by Crippen LogP contribution is 2.15. The first-order chi connectivity index (χ1) is 8.25. The van der Waals surface area contributed by atoms with Gasteiger partial charge in [-0.2, -0.15) is 0 Å². The van der Waals surface area contributed by atoms with E-state index >= 15 is 0 Å². The highest BCUT2D eigenvalue weighted by molar-refractivity contribution is 6.67. The van der Waals surface area contributed by atoms with Gasteiger partial charge in [0.2, 0.25) is 5.24 Å². The fraction of sp³-hybridized carbons (Fsp3) is 0.133. The van der Waals surface area contributed by atoms with Crippen molar-refractivity contribution < 1.29 is 4.79 Å². The summed E-state index contributed by atoms with van der Waals surface area (Å²) in [7, 11) is 0. The molecular formula is C15H11ClO. The third kappa shape index (κ3) is 1.77. The van der Waals surface area contributed by atoms with Crippen LogP contribution in [0.5, 0.6) is 0 Å². The number of carbonyl (C=O) groups is 1. The summed E-state index contributed by atoms with van der Waals surface area (Å²) in [6, 6.07) is 4.24. The van der Waals surface area contributed by atoms with Crippen LogP contribution in [0, 0.1) is 0 Å². The van der Waals surface area contributed by atoms with E-state index in [9.17, 15) is 4.79 Å². The van der Waals surface area contributed by atoms with Crippen LogP contribution in [0.2, 0.25) is 0 Å². The van der Waals surface area contributed by atoms with Gasteiger partial charge in [-0.15, -0.1) is 0 Å². The molecule has 0 aliphatic heterocycles. The highest BCUT2D eigenvalue weighted by atomic mass is 35.5. The molecule has 2 heteroatoms. The lowest BCUT2D eigenvalue weighted by Crippen LogP contribution is -2.25. The Morgan fingerprint density at radius 1 is 1.06 bits per heavy atom. The minimum Gasteiger partial charge on any atom is -0.276 e. The van der Waals surface area contributed by atoms with Crippen molar-refractivity contribution in [2.45, 2.75) is 12.8 Å². The van der Waals surface area contributed by atoms with E-state index in [1.54, 1.807) is 0 Å². The van der Waals surface area contributed by atoms with Crippen LogP contribution in [0.25, 0.3) is 12.2 Å². The minimum atomic E-state index is -0.347. The molecule has 0 unspecified atom stereocenters. The molecule has 3 rings (SSSR count). The predicted octanol–water partition coefficient (Wildman–Crippen LogP) is 1.61. The van der Waals surface area contributed by atoms with Gasteiger partial charge in [-0.25, -0.2) is 0 Å². The van der Waals surface area contributed by atoms with Crippen molar-refractivity contribution in [2.75, 3.05) is 0 Å². The number of fused-ring (bicyclic) bond motifs is 3. The normalized spacial score (nSPS) is 16.2. The van der Waals surface area contributed by atoms with E-state index in [0.717, 1.165) is 6.42 Å². The Balaban J connectivity index is 2.22. The van der Waals surface area contributed by atoms with Gasteiger partial charge in [0.05, 0.1) is 0 Å². The number of hydrogen-bond acceptors (Lipinski definition) is 1. The standard InChI is InChI=1S/C15H11ClO/c16-15(17)12-8-7-11-6-5-10-3-1-2-4-13(10)14(11)9-12/h1-3,5-8H,4,9H2. The van der Waals surface area contributed by atoms with Crippen LogP contribution >= 0.6 is 11.6 Å².